The molecule has 0 atom stereocenters. The number of aliphatic hydroxyl groups excluding tert-OH is 1. The summed E-state index contributed by atoms with van der Waals surface area (Å²) >= 11 is 0. The van der Waals surface area contributed by atoms with Crippen LogP contribution in [0.2, 0.25) is 0 Å². The van der Waals surface area contributed by atoms with Crippen LogP contribution in [0.3, 0.4) is 0 Å². The summed E-state index contributed by atoms with van der Waals surface area (Å²) in [4.78, 5) is 3.98. The predicted molar refractivity (Wildman–Crippen MR) is 74.2 cm³/mol. The van der Waals surface area contributed by atoms with Gasteiger partial charge in [0, 0.05) is 23.3 Å². The van der Waals surface area contributed by atoms with E-state index in [9.17, 15) is 5.11 Å². The number of hydrogen-bond acceptors (Lipinski definition) is 3. The summed E-state index contributed by atoms with van der Waals surface area (Å²) in [5.74, 6) is 1.41. The van der Waals surface area contributed by atoms with Gasteiger partial charge >= 0.3 is 0 Å². The highest BCUT2D eigenvalue weighted by atomic mass is 16.5. The van der Waals surface area contributed by atoms with E-state index in [0.29, 0.717) is 11.3 Å². The number of hydrogen-bond donors (Lipinski definition) is 1. The first kappa shape index (κ1) is 11.7. The van der Waals surface area contributed by atoms with E-state index in [1.807, 2.05) is 42.5 Å². The molecule has 0 amide bonds. The number of nitrogens with zero attached hydrogens (tertiary/aromatic N) is 1. The molecule has 1 N–H and O–H groups in total. The molecule has 1 heterocycles. The lowest BCUT2D eigenvalue weighted by Gasteiger charge is -2.11. The lowest BCUT2D eigenvalue weighted by molar-refractivity contribution is 0.276. The van der Waals surface area contributed by atoms with Crippen molar-refractivity contribution in [1.82, 2.24) is 4.98 Å². The molecule has 0 saturated carbocycles. The summed E-state index contributed by atoms with van der Waals surface area (Å²) in [5, 5.41) is 11.5. The van der Waals surface area contributed by atoms with Gasteiger partial charge in [0.1, 0.15) is 11.5 Å². The molecule has 0 fully saturated rings. The van der Waals surface area contributed by atoms with Crippen molar-refractivity contribution in [2.24, 2.45) is 0 Å². The van der Waals surface area contributed by atoms with Crippen LogP contribution in [-0.4, -0.2) is 10.1 Å². The number of aromatic nitrogens is 1. The highest BCUT2D eigenvalue weighted by molar-refractivity contribution is 5.88. The minimum Gasteiger partial charge on any atom is -0.456 e. The summed E-state index contributed by atoms with van der Waals surface area (Å²) in [6.45, 7) is -0.0893. The van der Waals surface area contributed by atoms with Crippen LogP contribution in [0.15, 0.2) is 60.9 Å². The minimum absolute atomic E-state index is 0.0893. The zero-order chi connectivity index (χ0) is 13.1. The van der Waals surface area contributed by atoms with Crippen molar-refractivity contribution in [1.29, 1.82) is 0 Å². The number of aliphatic hydroxyl groups is 1. The Morgan fingerprint density at radius 2 is 1.79 bits per heavy atom. The Hall–Kier alpha value is -2.39. The van der Waals surface area contributed by atoms with Gasteiger partial charge in [-0.3, -0.25) is 4.98 Å². The second kappa shape index (κ2) is 5.08. The molecule has 3 aromatic rings. The Morgan fingerprint density at radius 3 is 2.68 bits per heavy atom. The van der Waals surface area contributed by atoms with E-state index in [1.165, 1.54) is 0 Å². The number of benzene rings is 2. The van der Waals surface area contributed by atoms with E-state index in [1.54, 1.807) is 18.5 Å². The van der Waals surface area contributed by atoms with Crippen molar-refractivity contribution in [2.75, 3.05) is 0 Å². The van der Waals surface area contributed by atoms with Crippen LogP contribution in [0, 0.1) is 0 Å². The normalized spacial score (nSPS) is 10.6. The summed E-state index contributed by atoms with van der Waals surface area (Å²) < 4.78 is 5.91. The molecule has 1 aromatic heterocycles. The Kier molecular flexibility index (Phi) is 3.12. The third-order valence-corrected chi connectivity index (χ3v) is 3.00. The average Bonchev–Trinajstić information content (AvgIpc) is 2.48. The third-order valence-electron chi connectivity index (χ3n) is 3.00. The van der Waals surface area contributed by atoms with E-state index in [0.717, 1.165) is 16.5 Å². The highest BCUT2D eigenvalue weighted by Crippen LogP contribution is 2.31. The fourth-order valence-electron chi connectivity index (χ4n) is 2.04. The van der Waals surface area contributed by atoms with Crippen molar-refractivity contribution in [2.45, 2.75) is 6.61 Å². The van der Waals surface area contributed by atoms with Gasteiger partial charge in [-0.15, -0.1) is 0 Å². The molecule has 0 aliphatic heterocycles. The first-order chi connectivity index (χ1) is 9.38. The molecule has 3 nitrogen and oxygen atoms in total. The monoisotopic (exact) mass is 251 g/mol. The van der Waals surface area contributed by atoms with Crippen LogP contribution in [0.5, 0.6) is 11.5 Å². The van der Waals surface area contributed by atoms with E-state index < -0.39 is 0 Å². The van der Waals surface area contributed by atoms with Crippen molar-refractivity contribution in [3.8, 4) is 11.5 Å². The van der Waals surface area contributed by atoms with Crippen molar-refractivity contribution in [3.05, 3.63) is 66.5 Å². The Bertz CT molecular complexity index is 704. The lowest BCUT2D eigenvalue weighted by atomic mass is 10.1. The Labute approximate surface area is 111 Å². The number of fused-ring (bicyclic) bond motifs is 1. The quantitative estimate of drug-likeness (QED) is 0.774. The van der Waals surface area contributed by atoms with E-state index in [2.05, 4.69) is 4.98 Å². The van der Waals surface area contributed by atoms with Gasteiger partial charge in [0.15, 0.2) is 0 Å². The van der Waals surface area contributed by atoms with E-state index >= 15 is 0 Å². The first-order valence-corrected chi connectivity index (χ1v) is 6.08. The third kappa shape index (κ3) is 2.28. The second-order valence-corrected chi connectivity index (χ2v) is 4.22. The molecule has 0 aliphatic rings. The molecular weight excluding hydrogens is 238 g/mol. The molecule has 94 valence electrons. The van der Waals surface area contributed by atoms with Crippen molar-refractivity contribution < 1.29 is 9.84 Å². The van der Waals surface area contributed by atoms with Crippen LogP contribution >= 0.6 is 0 Å². The van der Waals surface area contributed by atoms with Crippen LogP contribution in [0.4, 0.5) is 0 Å². The fourth-order valence-corrected chi connectivity index (χ4v) is 2.04. The maximum Gasteiger partial charge on any atom is 0.136 e. The highest BCUT2D eigenvalue weighted by Gasteiger charge is 2.06. The maximum atomic E-state index is 9.29. The topological polar surface area (TPSA) is 42.4 Å². The second-order valence-electron chi connectivity index (χ2n) is 4.22. The van der Waals surface area contributed by atoms with Gasteiger partial charge in [-0.2, -0.15) is 0 Å². The van der Waals surface area contributed by atoms with Gasteiger partial charge in [-0.05, 0) is 17.5 Å². The fraction of sp³-hybridized carbons (Fsp3) is 0.0625. The number of pyridine rings is 1. The van der Waals surface area contributed by atoms with Gasteiger partial charge in [-0.25, -0.2) is 0 Å². The van der Waals surface area contributed by atoms with Gasteiger partial charge in [0.25, 0.3) is 0 Å². The summed E-state index contributed by atoms with van der Waals surface area (Å²) in [6, 6.07) is 15.7. The molecule has 0 radical (unpaired) electrons. The number of ether oxygens (including phenoxy) is 1. The minimum atomic E-state index is -0.0893. The molecule has 0 aliphatic carbocycles. The van der Waals surface area contributed by atoms with Crippen molar-refractivity contribution >= 4 is 10.8 Å². The summed E-state index contributed by atoms with van der Waals surface area (Å²) in [7, 11) is 0. The summed E-state index contributed by atoms with van der Waals surface area (Å²) in [6.07, 6.45) is 3.26. The zero-order valence-electron chi connectivity index (χ0n) is 10.3. The molecule has 2 aromatic carbocycles. The average molecular weight is 251 g/mol. The molecule has 0 spiro atoms. The largest absolute Gasteiger partial charge is 0.456 e. The molecule has 0 saturated heterocycles. The Morgan fingerprint density at radius 1 is 0.947 bits per heavy atom. The van der Waals surface area contributed by atoms with Gasteiger partial charge in [0.05, 0.1) is 6.61 Å². The SMILES string of the molecule is OCc1cnccc1Oc1cccc2ccccc12. The smallest absolute Gasteiger partial charge is 0.136 e. The van der Waals surface area contributed by atoms with Crippen LogP contribution in [-0.2, 0) is 6.61 Å². The lowest BCUT2D eigenvalue weighted by Crippen LogP contribution is -1.93. The van der Waals surface area contributed by atoms with Crippen LogP contribution < -0.4 is 4.74 Å². The van der Waals surface area contributed by atoms with Crippen LogP contribution in [0.1, 0.15) is 5.56 Å². The first-order valence-electron chi connectivity index (χ1n) is 6.08. The summed E-state index contributed by atoms with van der Waals surface area (Å²) in [5.41, 5.74) is 0.676. The molecule has 0 unspecified atom stereocenters. The standard InChI is InChI=1S/C16H13NO2/c18-11-13-10-17-9-8-15(13)19-16-7-3-5-12-4-1-2-6-14(12)16/h1-10,18H,11H2. The van der Waals surface area contributed by atoms with Crippen LogP contribution in [0.25, 0.3) is 10.8 Å². The van der Waals surface area contributed by atoms with E-state index in [4.69, 9.17) is 4.74 Å². The molecule has 3 heteroatoms. The molecule has 3 rings (SSSR count). The Balaban J connectivity index is 2.06. The molecule has 19 heavy (non-hydrogen) atoms. The van der Waals surface area contributed by atoms with Gasteiger partial charge in [-0.1, -0.05) is 36.4 Å². The molecule has 0 bridgehead atoms. The van der Waals surface area contributed by atoms with Crippen molar-refractivity contribution in [3.63, 3.8) is 0 Å². The molecular formula is C16H13NO2. The number of rotatable bonds is 3. The van der Waals surface area contributed by atoms with Gasteiger partial charge < -0.3 is 9.84 Å². The van der Waals surface area contributed by atoms with Gasteiger partial charge in [0.2, 0.25) is 0 Å². The maximum absolute atomic E-state index is 9.29. The zero-order valence-corrected chi connectivity index (χ0v) is 10.3. The van der Waals surface area contributed by atoms with E-state index in [-0.39, 0.29) is 6.61 Å². The predicted octanol–water partition coefficient (Wildman–Crippen LogP) is 3.52.